The minimum absolute atomic E-state index is 0.117. The first-order chi connectivity index (χ1) is 15.3. The summed E-state index contributed by atoms with van der Waals surface area (Å²) in [5.41, 5.74) is 2.78. The number of furan rings is 1. The maximum absolute atomic E-state index is 5.93. The van der Waals surface area contributed by atoms with E-state index in [1.807, 2.05) is 41.3 Å². The molecule has 1 aliphatic heterocycles. The number of fused-ring (bicyclic) bond motifs is 2. The van der Waals surface area contributed by atoms with Crippen molar-refractivity contribution in [2.24, 2.45) is 11.8 Å². The molecule has 8 heteroatoms. The van der Waals surface area contributed by atoms with Crippen molar-refractivity contribution in [3.63, 3.8) is 0 Å². The van der Waals surface area contributed by atoms with Crippen molar-refractivity contribution >= 4 is 16.8 Å². The summed E-state index contributed by atoms with van der Waals surface area (Å²) in [6.07, 6.45) is 11.3. The Hall–Kier alpha value is -3.26. The Labute approximate surface area is 179 Å². The maximum Gasteiger partial charge on any atom is 0.139 e. The Balaban J connectivity index is 1.25. The molecule has 8 nitrogen and oxygen atoms in total. The van der Waals surface area contributed by atoms with Gasteiger partial charge in [0.2, 0.25) is 0 Å². The van der Waals surface area contributed by atoms with Gasteiger partial charge in [-0.2, -0.15) is 0 Å². The lowest BCUT2D eigenvalue weighted by atomic mass is 9.77. The highest BCUT2D eigenvalue weighted by molar-refractivity contribution is 5.88. The van der Waals surface area contributed by atoms with Crippen molar-refractivity contribution in [3.8, 4) is 11.3 Å². The molecule has 0 spiro atoms. The molecule has 2 aliphatic rings. The minimum Gasteiger partial charge on any atom is -0.464 e. The van der Waals surface area contributed by atoms with Gasteiger partial charge in [-0.1, -0.05) is 5.21 Å². The molecule has 0 amide bonds. The molecule has 0 radical (unpaired) electrons. The molecule has 158 valence electrons. The summed E-state index contributed by atoms with van der Waals surface area (Å²) in [6.45, 7) is 1.98. The van der Waals surface area contributed by atoms with Crippen molar-refractivity contribution < 1.29 is 9.15 Å². The lowest BCUT2D eigenvalue weighted by Crippen LogP contribution is -2.37. The maximum atomic E-state index is 5.93. The second-order valence-corrected chi connectivity index (χ2v) is 8.52. The van der Waals surface area contributed by atoms with E-state index >= 15 is 0 Å². The van der Waals surface area contributed by atoms with E-state index in [2.05, 4.69) is 25.2 Å². The van der Waals surface area contributed by atoms with Gasteiger partial charge in [0.15, 0.2) is 0 Å². The van der Waals surface area contributed by atoms with Crippen molar-refractivity contribution in [2.45, 2.75) is 25.0 Å². The molecule has 1 aliphatic carbocycles. The fraction of sp³-hybridized carbons (Fsp3) is 0.391. The zero-order valence-electron chi connectivity index (χ0n) is 17.3. The third-order valence-corrected chi connectivity index (χ3v) is 6.87. The van der Waals surface area contributed by atoms with E-state index in [1.165, 1.54) is 0 Å². The third kappa shape index (κ3) is 3.18. The van der Waals surface area contributed by atoms with E-state index in [4.69, 9.17) is 9.15 Å². The number of methoxy groups -OCH3 is 1. The fourth-order valence-electron chi connectivity index (χ4n) is 5.32. The molecule has 2 fully saturated rings. The van der Waals surface area contributed by atoms with E-state index in [-0.39, 0.29) is 12.1 Å². The van der Waals surface area contributed by atoms with E-state index < -0.39 is 0 Å². The number of rotatable bonds is 4. The van der Waals surface area contributed by atoms with Gasteiger partial charge < -0.3 is 14.1 Å². The molecule has 31 heavy (non-hydrogen) atoms. The zero-order chi connectivity index (χ0) is 20.8. The average Bonchev–Trinajstić information content (AvgIpc) is 3.57. The quantitative estimate of drug-likeness (QED) is 0.503. The fourth-order valence-corrected chi connectivity index (χ4v) is 5.32. The van der Waals surface area contributed by atoms with Gasteiger partial charge in [-0.25, -0.2) is 9.67 Å². The first-order valence-electron chi connectivity index (χ1n) is 10.7. The summed E-state index contributed by atoms with van der Waals surface area (Å²) in [7, 11) is 1.80. The predicted molar refractivity (Wildman–Crippen MR) is 116 cm³/mol. The van der Waals surface area contributed by atoms with Crippen molar-refractivity contribution in [1.82, 2.24) is 25.0 Å². The summed E-state index contributed by atoms with van der Waals surface area (Å²) in [4.78, 5) is 11.2. The molecule has 0 bridgehead atoms. The van der Waals surface area contributed by atoms with Crippen molar-refractivity contribution in [1.29, 1.82) is 0 Å². The highest BCUT2D eigenvalue weighted by atomic mass is 16.5. The van der Waals surface area contributed by atoms with Crippen LogP contribution in [0.5, 0.6) is 0 Å². The number of anilines is 1. The number of nitrogens with zero attached hydrogens (tertiary/aromatic N) is 6. The van der Waals surface area contributed by atoms with Gasteiger partial charge >= 0.3 is 0 Å². The summed E-state index contributed by atoms with van der Waals surface area (Å²) in [5, 5.41) is 9.96. The Kier molecular flexibility index (Phi) is 4.45. The van der Waals surface area contributed by atoms with Gasteiger partial charge in [0.25, 0.3) is 0 Å². The van der Waals surface area contributed by atoms with E-state index in [1.54, 1.807) is 25.8 Å². The Morgan fingerprint density at radius 3 is 2.71 bits per heavy atom. The van der Waals surface area contributed by atoms with Gasteiger partial charge in [0, 0.05) is 44.4 Å². The van der Waals surface area contributed by atoms with Gasteiger partial charge in [-0.15, -0.1) is 5.10 Å². The molecular weight excluding hydrogens is 392 g/mol. The Morgan fingerprint density at radius 2 is 1.87 bits per heavy atom. The van der Waals surface area contributed by atoms with Crippen LogP contribution in [0.2, 0.25) is 0 Å². The predicted octanol–water partition coefficient (Wildman–Crippen LogP) is 3.58. The third-order valence-electron chi connectivity index (χ3n) is 6.87. The van der Waals surface area contributed by atoms with Crippen LogP contribution < -0.4 is 4.90 Å². The van der Waals surface area contributed by atoms with Gasteiger partial charge in [0.05, 0.1) is 30.0 Å². The van der Waals surface area contributed by atoms with Crippen LogP contribution in [-0.4, -0.2) is 51.3 Å². The van der Waals surface area contributed by atoms with Gasteiger partial charge in [-0.3, -0.25) is 4.98 Å². The molecule has 4 aromatic rings. The van der Waals surface area contributed by atoms with Gasteiger partial charge in [0.1, 0.15) is 17.1 Å². The first kappa shape index (κ1) is 18.5. The van der Waals surface area contributed by atoms with Crippen molar-refractivity contribution in [2.75, 3.05) is 25.1 Å². The van der Waals surface area contributed by atoms with Crippen LogP contribution in [0.1, 0.15) is 18.9 Å². The molecule has 0 N–H and O–H groups in total. The number of hydrogen-bond acceptors (Lipinski definition) is 7. The monoisotopic (exact) mass is 416 g/mol. The van der Waals surface area contributed by atoms with Gasteiger partial charge in [-0.05, 0) is 48.9 Å². The summed E-state index contributed by atoms with van der Waals surface area (Å²) >= 11 is 0. The first-order valence-corrected chi connectivity index (χ1v) is 10.7. The molecule has 4 aromatic heterocycles. The van der Waals surface area contributed by atoms with Crippen LogP contribution in [0, 0.1) is 11.8 Å². The second kappa shape index (κ2) is 7.46. The van der Waals surface area contributed by atoms with Crippen LogP contribution in [-0.2, 0) is 4.74 Å². The molecule has 1 saturated heterocycles. The van der Waals surface area contributed by atoms with Crippen LogP contribution in [0.4, 0.5) is 5.82 Å². The summed E-state index contributed by atoms with van der Waals surface area (Å²) in [5.74, 6) is 2.16. The number of aromatic nitrogens is 5. The second-order valence-electron chi connectivity index (χ2n) is 8.52. The summed E-state index contributed by atoms with van der Waals surface area (Å²) in [6, 6.07) is 8.02. The van der Waals surface area contributed by atoms with Crippen LogP contribution in [0.3, 0.4) is 0 Å². The van der Waals surface area contributed by atoms with E-state index in [9.17, 15) is 0 Å². The topological polar surface area (TPSA) is 82.1 Å². The normalized spacial score (nSPS) is 25.8. The smallest absolute Gasteiger partial charge is 0.139 e. The Bertz CT molecular complexity index is 1190. The van der Waals surface area contributed by atoms with Crippen LogP contribution >= 0.6 is 0 Å². The lowest BCUT2D eigenvalue weighted by molar-refractivity contribution is -0.00541. The van der Waals surface area contributed by atoms with Crippen LogP contribution in [0.15, 0.2) is 59.7 Å². The number of ether oxygens (including phenoxy) is 1. The molecule has 5 heterocycles. The zero-order valence-corrected chi connectivity index (χ0v) is 17.3. The summed E-state index contributed by atoms with van der Waals surface area (Å²) < 4.78 is 13.5. The lowest BCUT2D eigenvalue weighted by Gasteiger charge is -2.36. The standard InChI is InChI=1S/C23H24N6O2/c1-30-22-11-17-13-28(23-18-5-9-31-21(18)4-8-25-23)12-16(17)10-20(22)29-14-19(26-27-29)15-2-6-24-7-3-15/h2-9,14,16-17,20,22H,10-13H2,1H3/t16-,17+,20-,22-/m1/s1. The molecular formula is C23H24N6O2. The largest absolute Gasteiger partial charge is 0.464 e. The highest BCUT2D eigenvalue weighted by Crippen LogP contribution is 2.44. The molecule has 1 saturated carbocycles. The number of pyridine rings is 2. The van der Waals surface area contributed by atoms with E-state index in [0.29, 0.717) is 11.8 Å². The number of hydrogen-bond donors (Lipinski definition) is 0. The van der Waals surface area contributed by atoms with Crippen LogP contribution in [0.25, 0.3) is 22.2 Å². The Morgan fingerprint density at radius 1 is 1.03 bits per heavy atom. The van der Waals surface area contributed by atoms with Crippen molar-refractivity contribution in [3.05, 3.63) is 55.3 Å². The minimum atomic E-state index is 0.117. The molecule has 0 aromatic carbocycles. The average molecular weight is 416 g/mol. The van der Waals surface area contributed by atoms with E-state index in [0.717, 1.165) is 54.0 Å². The SMILES string of the molecule is CO[C@@H]1C[C@H]2CN(c3nccc4occc34)C[C@H]2C[C@H]1n1cc(-c2ccncc2)nn1. The molecule has 6 rings (SSSR count). The molecule has 0 unspecified atom stereocenters. The molecule has 4 atom stereocenters. The highest BCUT2D eigenvalue weighted by Gasteiger charge is 2.44.